The van der Waals surface area contributed by atoms with Crippen molar-refractivity contribution >= 4 is 28.3 Å². The molecule has 33 heavy (non-hydrogen) atoms. The van der Waals surface area contributed by atoms with Crippen molar-refractivity contribution in [3.05, 3.63) is 42.0 Å². The summed E-state index contributed by atoms with van der Waals surface area (Å²) >= 11 is 0. The molecule has 0 saturated carbocycles. The Morgan fingerprint density at radius 3 is 2.36 bits per heavy atom. The highest BCUT2D eigenvalue weighted by atomic mass is 32.2. The first-order chi connectivity index (χ1) is 15.6. The average molecular weight is 475 g/mol. The van der Waals surface area contributed by atoms with Crippen LogP contribution in [0.2, 0.25) is 0 Å². The Balaban J connectivity index is 2.58. The van der Waals surface area contributed by atoms with Crippen LogP contribution in [0.15, 0.2) is 46.9 Å². The lowest BCUT2D eigenvalue weighted by molar-refractivity contribution is -0.149. The molecule has 0 fully saturated rings. The number of hydrogen-bond acceptors (Lipinski definition) is 5. The standard InChI is InChI=1S/C27H38O5S/c1-18(2)23-15-14-19(3)10-9-11-20(4)16-21(28)17-24(27(30)32-5)26(25(23)29)33(31)22-12-7-6-8-13-22/h6-8,10,12-13,18,20,23-24,26H,9,11,14-17H2,1-5H3/b19-10+/t20-,23-,24-,26-,33+/m0/s1. The summed E-state index contributed by atoms with van der Waals surface area (Å²) in [6.07, 6.45) is 5.57. The number of Topliss-reactive ketones (excluding diaryl/α,β-unsaturated/α-hetero) is 2. The molecular formula is C27H38O5S. The summed E-state index contributed by atoms with van der Waals surface area (Å²) in [5.41, 5.74) is 1.22. The highest BCUT2D eigenvalue weighted by Crippen LogP contribution is 2.31. The van der Waals surface area contributed by atoms with Gasteiger partial charge in [0.25, 0.3) is 0 Å². The number of rotatable bonds is 4. The van der Waals surface area contributed by atoms with Crippen molar-refractivity contribution in [3.63, 3.8) is 0 Å². The number of ether oxygens (including phenoxy) is 1. The van der Waals surface area contributed by atoms with Crippen molar-refractivity contribution in [3.8, 4) is 0 Å². The smallest absolute Gasteiger partial charge is 0.310 e. The zero-order valence-corrected chi connectivity index (χ0v) is 21.4. The molecule has 0 aliphatic heterocycles. The summed E-state index contributed by atoms with van der Waals surface area (Å²) in [5, 5.41) is -1.13. The fourth-order valence-electron chi connectivity index (χ4n) is 4.55. The summed E-state index contributed by atoms with van der Waals surface area (Å²) < 4.78 is 18.8. The van der Waals surface area contributed by atoms with Crippen molar-refractivity contribution in [1.29, 1.82) is 0 Å². The first-order valence-electron chi connectivity index (χ1n) is 11.9. The van der Waals surface area contributed by atoms with Crippen LogP contribution in [-0.4, -0.2) is 34.1 Å². The van der Waals surface area contributed by atoms with Gasteiger partial charge in [-0.2, -0.15) is 0 Å². The van der Waals surface area contributed by atoms with E-state index in [0.717, 1.165) is 19.3 Å². The van der Waals surface area contributed by atoms with Crippen LogP contribution in [0.3, 0.4) is 0 Å². The number of allylic oxidation sites excluding steroid dienone is 2. The van der Waals surface area contributed by atoms with Gasteiger partial charge in [0.2, 0.25) is 0 Å². The normalized spacial score (nSPS) is 28.5. The fourth-order valence-corrected chi connectivity index (χ4v) is 6.16. The molecule has 5 nitrogen and oxygen atoms in total. The summed E-state index contributed by atoms with van der Waals surface area (Å²) in [4.78, 5) is 40.3. The van der Waals surface area contributed by atoms with E-state index in [4.69, 9.17) is 4.74 Å². The number of carbonyl (C=O) groups excluding carboxylic acids is 3. The van der Waals surface area contributed by atoms with Gasteiger partial charge in [0, 0.05) is 23.7 Å². The Labute approximate surface area is 200 Å². The molecule has 0 saturated heterocycles. The molecule has 1 aliphatic rings. The van der Waals surface area contributed by atoms with Crippen molar-refractivity contribution in [2.24, 2.45) is 23.7 Å². The molecule has 0 spiro atoms. The van der Waals surface area contributed by atoms with E-state index in [-0.39, 0.29) is 35.7 Å². The summed E-state index contributed by atoms with van der Waals surface area (Å²) in [5.74, 6) is -2.21. The van der Waals surface area contributed by atoms with E-state index < -0.39 is 27.9 Å². The van der Waals surface area contributed by atoms with E-state index in [2.05, 4.69) is 13.0 Å². The van der Waals surface area contributed by atoms with E-state index in [9.17, 15) is 18.6 Å². The van der Waals surface area contributed by atoms with Crippen LogP contribution in [0.5, 0.6) is 0 Å². The van der Waals surface area contributed by atoms with Gasteiger partial charge in [-0.3, -0.25) is 18.6 Å². The Kier molecular flexibility index (Phi) is 10.7. The third-order valence-corrected chi connectivity index (χ3v) is 8.31. The van der Waals surface area contributed by atoms with Gasteiger partial charge in [-0.1, -0.05) is 50.6 Å². The minimum Gasteiger partial charge on any atom is -0.469 e. The second-order valence-corrected chi connectivity index (χ2v) is 11.2. The van der Waals surface area contributed by atoms with Crippen LogP contribution >= 0.6 is 0 Å². The molecule has 0 amide bonds. The van der Waals surface area contributed by atoms with Crippen molar-refractivity contribution in [1.82, 2.24) is 0 Å². The van der Waals surface area contributed by atoms with Crippen molar-refractivity contribution in [2.45, 2.75) is 76.4 Å². The number of carbonyl (C=O) groups is 3. The molecule has 0 unspecified atom stereocenters. The van der Waals surface area contributed by atoms with Crippen LogP contribution in [-0.2, 0) is 29.9 Å². The van der Waals surface area contributed by atoms with Crippen LogP contribution in [0.1, 0.15) is 66.2 Å². The van der Waals surface area contributed by atoms with E-state index in [1.807, 2.05) is 26.8 Å². The number of benzene rings is 1. The summed E-state index contributed by atoms with van der Waals surface area (Å²) in [7, 11) is -0.537. The highest BCUT2D eigenvalue weighted by Gasteiger charge is 2.43. The Hall–Kier alpha value is -2.08. The van der Waals surface area contributed by atoms with Gasteiger partial charge in [0.15, 0.2) is 5.78 Å². The average Bonchev–Trinajstić information content (AvgIpc) is 2.77. The third kappa shape index (κ3) is 7.73. The molecule has 1 aromatic rings. The van der Waals surface area contributed by atoms with Gasteiger partial charge in [0.1, 0.15) is 11.0 Å². The largest absolute Gasteiger partial charge is 0.469 e. The van der Waals surface area contributed by atoms with E-state index >= 15 is 0 Å². The Morgan fingerprint density at radius 1 is 1.09 bits per heavy atom. The molecule has 1 aliphatic carbocycles. The fraction of sp³-hybridized carbons (Fsp3) is 0.593. The van der Waals surface area contributed by atoms with E-state index in [1.54, 1.807) is 24.3 Å². The maximum absolute atomic E-state index is 13.9. The summed E-state index contributed by atoms with van der Waals surface area (Å²) in [6.45, 7) is 8.06. The van der Waals surface area contributed by atoms with Crippen LogP contribution in [0.4, 0.5) is 0 Å². The molecule has 0 aromatic heterocycles. The van der Waals surface area contributed by atoms with Gasteiger partial charge in [-0.15, -0.1) is 0 Å². The maximum atomic E-state index is 13.9. The van der Waals surface area contributed by atoms with E-state index in [0.29, 0.717) is 17.7 Å². The molecule has 0 bridgehead atoms. The predicted molar refractivity (Wildman–Crippen MR) is 131 cm³/mol. The molecule has 0 heterocycles. The van der Waals surface area contributed by atoms with Gasteiger partial charge < -0.3 is 4.74 Å². The van der Waals surface area contributed by atoms with Crippen molar-refractivity contribution < 1.29 is 23.3 Å². The molecule has 6 heteroatoms. The molecule has 1 aromatic carbocycles. The predicted octanol–water partition coefficient (Wildman–Crippen LogP) is 5.30. The third-order valence-electron chi connectivity index (χ3n) is 6.55. The minimum absolute atomic E-state index is 0.0162. The topological polar surface area (TPSA) is 77.5 Å². The molecule has 0 N–H and O–H groups in total. The molecule has 5 atom stereocenters. The van der Waals surface area contributed by atoms with Gasteiger partial charge >= 0.3 is 5.97 Å². The molecular weight excluding hydrogens is 436 g/mol. The number of hydrogen-bond donors (Lipinski definition) is 0. The molecule has 2 rings (SSSR count). The maximum Gasteiger partial charge on any atom is 0.310 e. The second kappa shape index (κ2) is 13.0. The molecule has 0 radical (unpaired) electrons. The quantitative estimate of drug-likeness (QED) is 0.437. The van der Waals surface area contributed by atoms with Crippen LogP contribution < -0.4 is 0 Å². The van der Waals surface area contributed by atoms with Crippen LogP contribution in [0.25, 0.3) is 0 Å². The minimum atomic E-state index is -1.79. The number of ketones is 2. The monoisotopic (exact) mass is 474 g/mol. The lowest BCUT2D eigenvalue weighted by Crippen LogP contribution is -2.44. The summed E-state index contributed by atoms with van der Waals surface area (Å²) in [6, 6.07) is 8.73. The lowest BCUT2D eigenvalue weighted by atomic mass is 9.80. The van der Waals surface area contributed by atoms with Gasteiger partial charge in [-0.05, 0) is 56.6 Å². The van der Waals surface area contributed by atoms with Gasteiger partial charge in [-0.25, -0.2) is 0 Å². The molecule has 182 valence electrons. The van der Waals surface area contributed by atoms with Crippen molar-refractivity contribution in [2.75, 3.05) is 7.11 Å². The second-order valence-electron chi connectivity index (χ2n) is 9.63. The van der Waals surface area contributed by atoms with Crippen LogP contribution in [0, 0.1) is 23.7 Å². The van der Waals surface area contributed by atoms with E-state index in [1.165, 1.54) is 12.7 Å². The number of esters is 1. The SMILES string of the molecule is COC(=O)[C@H]1CC(=O)C[C@@H](C)CC/C=C(\C)CC[C@@H](C(C)C)C(=O)[C@H]1[S@](=O)c1ccccc1. The Morgan fingerprint density at radius 2 is 1.76 bits per heavy atom. The van der Waals surface area contributed by atoms with Gasteiger partial charge in [0.05, 0.1) is 23.8 Å². The number of methoxy groups -OCH3 is 1. The highest BCUT2D eigenvalue weighted by molar-refractivity contribution is 7.86. The Bertz CT molecular complexity index is 874. The first kappa shape index (κ1) is 27.2. The lowest BCUT2D eigenvalue weighted by Gasteiger charge is -2.29. The zero-order chi connectivity index (χ0) is 24.5. The zero-order valence-electron chi connectivity index (χ0n) is 20.5. The first-order valence-corrected chi connectivity index (χ1v) is 13.1.